The lowest BCUT2D eigenvalue weighted by Crippen LogP contribution is -2.23. The summed E-state index contributed by atoms with van der Waals surface area (Å²) in [6.45, 7) is 3.14. The predicted molar refractivity (Wildman–Crippen MR) is 107 cm³/mol. The number of hydrogen-bond acceptors (Lipinski definition) is 7. The van der Waals surface area contributed by atoms with E-state index in [1.165, 1.54) is 12.4 Å². The molecule has 2 heterocycles. The van der Waals surface area contributed by atoms with E-state index in [0.717, 1.165) is 17.0 Å². The summed E-state index contributed by atoms with van der Waals surface area (Å²) in [6.07, 6.45) is 2.97. The average Bonchev–Trinajstić information content (AvgIpc) is 3.22. The van der Waals surface area contributed by atoms with E-state index in [2.05, 4.69) is 20.6 Å². The Morgan fingerprint density at radius 2 is 1.83 bits per heavy atom. The Hall–Kier alpha value is -3.81. The first-order chi connectivity index (χ1) is 14.2. The Balaban J connectivity index is 1.32. The van der Waals surface area contributed by atoms with Crippen molar-refractivity contribution in [2.75, 3.05) is 18.7 Å². The van der Waals surface area contributed by atoms with Crippen molar-refractivity contribution < 1.29 is 19.0 Å². The maximum atomic E-state index is 12.3. The van der Waals surface area contributed by atoms with Gasteiger partial charge in [0.05, 0.1) is 12.2 Å². The van der Waals surface area contributed by atoms with E-state index in [0.29, 0.717) is 36.2 Å². The summed E-state index contributed by atoms with van der Waals surface area (Å²) in [7, 11) is 0. The molecule has 0 spiro atoms. The van der Waals surface area contributed by atoms with Gasteiger partial charge in [0, 0.05) is 24.6 Å². The fraction of sp³-hybridized carbons (Fsp3) is 0.190. The van der Waals surface area contributed by atoms with E-state index >= 15 is 0 Å². The van der Waals surface area contributed by atoms with E-state index in [4.69, 9.17) is 14.2 Å². The topological polar surface area (TPSA) is 94.6 Å². The number of benzene rings is 2. The van der Waals surface area contributed by atoms with Gasteiger partial charge in [0.1, 0.15) is 5.75 Å². The molecule has 0 atom stereocenters. The van der Waals surface area contributed by atoms with Crippen molar-refractivity contribution in [2.24, 2.45) is 0 Å². The second-order valence-corrected chi connectivity index (χ2v) is 6.25. The molecule has 0 fully saturated rings. The van der Waals surface area contributed by atoms with Crippen LogP contribution in [0.3, 0.4) is 0 Å². The molecule has 1 aliphatic heterocycles. The Morgan fingerprint density at radius 3 is 2.59 bits per heavy atom. The molecule has 2 aromatic carbocycles. The maximum absolute atomic E-state index is 12.3. The lowest BCUT2D eigenvalue weighted by Gasteiger charge is -2.08. The highest BCUT2D eigenvalue weighted by atomic mass is 16.7. The van der Waals surface area contributed by atoms with Crippen LogP contribution in [-0.4, -0.2) is 29.3 Å². The number of ether oxygens (including phenoxy) is 3. The van der Waals surface area contributed by atoms with Crippen LogP contribution >= 0.6 is 0 Å². The van der Waals surface area contributed by atoms with Gasteiger partial charge in [-0.05, 0) is 48.9 Å². The summed E-state index contributed by atoms with van der Waals surface area (Å²) >= 11 is 0. The zero-order valence-corrected chi connectivity index (χ0v) is 15.8. The minimum atomic E-state index is -0.254. The molecule has 1 amide bonds. The van der Waals surface area contributed by atoms with Crippen LogP contribution in [0, 0.1) is 0 Å². The number of hydrogen-bond donors (Lipinski definition) is 2. The van der Waals surface area contributed by atoms with Crippen molar-refractivity contribution in [3.8, 4) is 17.2 Å². The minimum absolute atomic E-state index is 0.222. The minimum Gasteiger partial charge on any atom is -0.494 e. The van der Waals surface area contributed by atoms with Gasteiger partial charge in [-0.3, -0.25) is 4.79 Å². The third-order valence-corrected chi connectivity index (χ3v) is 4.23. The van der Waals surface area contributed by atoms with Crippen LogP contribution in [0.2, 0.25) is 0 Å². The first-order valence-electron chi connectivity index (χ1n) is 9.20. The molecule has 8 nitrogen and oxygen atoms in total. The Bertz CT molecular complexity index is 991. The number of amides is 1. The highest BCUT2D eigenvalue weighted by Gasteiger charge is 2.14. The van der Waals surface area contributed by atoms with Gasteiger partial charge >= 0.3 is 0 Å². The molecule has 4 rings (SSSR count). The van der Waals surface area contributed by atoms with Gasteiger partial charge in [-0.25, -0.2) is 9.97 Å². The van der Waals surface area contributed by atoms with E-state index in [-0.39, 0.29) is 12.7 Å². The van der Waals surface area contributed by atoms with Gasteiger partial charge in [-0.15, -0.1) is 0 Å². The molecular weight excluding hydrogens is 372 g/mol. The second kappa shape index (κ2) is 8.47. The molecule has 0 radical (unpaired) electrons. The van der Waals surface area contributed by atoms with Crippen molar-refractivity contribution in [1.29, 1.82) is 0 Å². The van der Waals surface area contributed by atoms with Crippen molar-refractivity contribution in [3.05, 3.63) is 66.0 Å². The molecule has 8 heteroatoms. The number of rotatable bonds is 7. The molecule has 0 bridgehead atoms. The SMILES string of the molecule is CCOc1ccc(Nc2ncc(C(=O)NCc3ccc4c(c3)OCO4)cn2)cc1. The summed E-state index contributed by atoms with van der Waals surface area (Å²) in [5.41, 5.74) is 2.12. The van der Waals surface area contributed by atoms with Crippen molar-refractivity contribution in [2.45, 2.75) is 13.5 Å². The summed E-state index contributed by atoms with van der Waals surface area (Å²) in [6, 6.07) is 13.0. The van der Waals surface area contributed by atoms with Gasteiger partial charge in [-0.1, -0.05) is 6.07 Å². The third kappa shape index (κ3) is 4.55. The number of nitrogens with one attached hydrogen (secondary N) is 2. The van der Waals surface area contributed by atoms with Gasteiger partial charge in [0.2, 0.25) is 12.7 Å². The van der Waals surface area contributed by atoms with Crippen LogP contribution < -0.4 is 24.8 Å². The van der Waals surface area contributed by atoms with Crippen LogP contribution in [0.4, 0.5) is 11.6 Å². The molecule has 0 aliphatic carbocycles. The number of carbonyl (C=O) groups is 1. The number of aromatic nitrogens is 2. The van der Waals surface area contributed by atoms with Crippen LogP contribution in [-0.2, 0) is 6.54 Å². The van der Waals surface area contributed by atoms with Crippen LogP contribution in [0.1, 0.15) is 22.8 Å². The predicted octanol–water partition coefficient (Wildman–Crippen LogP) is 3.28. The quantitative estimate of drug-likeness (QED) is 0.637. The maximum Gasteiger partial charge on any atom is 0.254 e. The lowest BCUT2D eigenvalue weighted by atomic mass is 10.2. The van der Waals surface area contributed by atoms with Crippen molar-refractivity contribution in [1.82, 2.24) is 15.3 Å². The molecule has 1 aromatic heterocycles. The smallest absolute Gasteiger partial charge is 0.254 e. The largest absolute Gasteiger partial charge is 0.494 e. The average molecular weight is 392 g/mol. The first-order valence-corrected chi connectivity index (χ1v) is 9.20. The van der Waals surface area contributed by atoms with Gasteiger partial charge in [0.25, 0.3) is 5.91 Å². The van der Waals surface area contributed by atoms with Gasteiger partial charge in [-0.2, -0.15) is 0 Å². The molecule has 29 heavy (non-hydrogen) atoms. The van der Waals surface area contributed by atoms with Crippen LogP contribution in [0.25, 0.3) is 0 Å². The molecule has 148 valence electrons. The van der Waals surface area contributed by atoms with Crippen molar-refractivity contribution in [3.63, 3.8) is 0 Å². The van der Waals surface area contributed by atoms with E-state index in [1.807, 2.05) is 49.4 Å². The highest BCUT2D eigenvalue weighted by Crippen LogP contribution is 2.32. The van der Waals surface area contributed by atoms with Gasteiger partial charge in [0.15, 0.2) is 11.5 Å². The molecule has 2 N–H and O–H groups in total. The molecular formula is C21H20N4O4. The van der Waals surface area contributed by atoms with E-state index < -0.39 is 0 Å². The normalized spacial score (nSPS) is 11.8. The third-order valence-electron chi connectivity index (χ3n) is 4.23. The summed E-state index contributed by atoms with van der Waals surface area (Å²) in [4.78, 5) is 20.7. The summed E-state index contributed by atoms with van der Waals surface area (Å²) in [5.74, 6) is 2.35. The summed E-state index contributed by atoms with van der Waals surface area (Å²) < 4.78 is 16.0. The van der Waals surface area contributed by atoms with Crippen molar-refractivity contribution >= 4 is 17.5 Å². The van der Waals surface area contributed by atoms with E-state index in [9.17, 15) is 4.79 Å². The second-order valence-electron chi connectivity index (χ2n) is 6.25. The number of carbonyl (C=O) groups excluding carboxylic acids is 1. The number of fused-ring (bicyclic) bond motifs is 1. The fourth-order valence-electron chi connectivity index (χ4n) is 2.78. The molecule has 0 unspecified atom stereocenters. The highest BCUT2D eigenvalue weighted by molar-refractivity contribution is 5.93. The zero-order valence-electron chi connectivity index (χ0n) is 15.8. The molecule has 0 saturated carbocycles. The van der Waals surface area contributed by atoms with Gasteiger partial charge < -0.3 is 24.8 Å². The van der Waals surface area contributed by atoms with E-state index in [1.54, 1.807) is 0 Å². The zero-order chi connectivity index (χ0) is 20.1. The molecule has 0 saturated heterocycles. The number of nitrogens with zero attached hydrogens (tertiary/aromatic N) is 2. The summed E-state index contributed by atoms with van der Waals surface area (Å²) in [5, 5.41) is 5.93. The Morgan fingerprint density at radius 1 is 1.07 bits per heavy atom. The first kappa shape index (κ1) is 18.5. The fourth-order valence-corrected chi connectivity index (χ4v) is 2.78. The molecule has 1 aliphatic rings. The molecule has 3 aromatic rings. The number of anilines is 2. The van der Waals surface area contributed by atoms with Crippen LogP contribution in [0.15, 0.2) is 54.9 Å². The van der Waals surface area contributed by atoms with Crippen LogP contribution in [0.5, 0.6) is 17.2 Å². The Labute approximate surface area is 167 Å². The monoisotopic (exact) mass is 392 g/mol. The Kier molecular flexibility index (Phi) is 5.42. The lowest BCUT2D eigenvalue weighted by molar-refractivity contribution is 0.0950. The standard InChI is InChI=1S/C21H20N4O4/c1-2-27-17-6-4-16(5-7-17)25-21-23-11-15(12-24-21)20(26)22-10-14-3-8-18-19(9-14)29-13-28-18/h3-9,11-12H,2,10,13H2,1H3,(H,22,26)(H,23,24,25).